The number of H-pyrrole nitrogens is 1. The van der Waals surface area contributed by atoms with E-state index in [9.17, 15) is 4.79 Å². The Morgan fingerprint density at radius 1 is 1.23 bits per heavy atom. The van der Waals surface area contributed by atoms with Gasteiger partial charge in [-0.1, -0.05) is 29.4 Å². The van der Waals surface area contributed by atoms with Gasteiger partial charge in [0.25, 0.3) is 0 Å². The number of thioether (sulfide) groups is 1. The van der Waals surface area contributed by atoms with Gasteiger partial charge >= 0.3 is 0 Å². The van der Waals surface area contributed by atoms with Gasteiger partial charge in [0.05, 0.1) is 16.3 Å². The van der Waals surface area contributed by atoms with Crippen LogP contribution in [0, 0.1) is 0 Å². The lowest BCUT2D eigenvalue weighted by atomic mass is 10.3. The zero-order valence-electron chi connectivity index (χ0n) is 13.9. The van der Waals surface area contributed by atoms with Gasteiger partial charge in [0, 0.05) is 38.6 Å². The van der Waals surface area contributed by atoms with Gasteiger partial charge in [-0.05, 0) is 18.2 Å². The summed E-state index contributed by atoms with van der Waals surface area (Å²) in [7, 11) is 0. The molecule has 26 heavy (non-hydrogen) atoms. The summed E-state index contributed by atoms with van der Waals surface area (Å²) in [6.45, 7) is 2.99. The Labute approximate surface area is 159 Å². The van der Waals surface area contributed by atoms with Crippen LogP contribution in [0.25, 0.3) is 11.2 Å². The van der Waals surface area contributed by atoms with E-state index < -0.39 is 0 Å². The van der Waals surface area contributed by atoms with Crippen molar-refractivity contribution in [3.8, 4) is 0 Å². The molecule has 0 atom stereocenters. The predicted octanol–water partition coefficient (Wildman–Crippen LogP) is 2.45. The minimum atomic E-state index is 0.113. The third-order valence-electron chi connectivity index (χ3n) is 4.22. The number of nitrogens with zero attached hydrogens (tertiary/aromatic N) is 5. The fourth-order valence-corrected chi connectivity index (χ4v) is 3.80. The fraction of sp³-hybridized carbons (Fsp3) is 0.294. The van der Waals surface area contributed by atoms with Gasteiger partial charge in [-0.2, -0.15) is 0 Å². The summed E-state index contributed by atoms with van der Waals surface area (Å²) in [5, 5.41) is 1.23. The Morgan fingerprint density at radius 2 is 2.08 bits per heavy atom. The van der Waals surface area contributed by atoms with Gasteiger partial charge in [0.1, 0.15) is 5.82 Å². The molecule has 1 aliphatic heterocycles. The number of aromatic amines is 1. The molecule has 3 aromatic rings. The Morgan fingerprint density at radius 3 is 2.85 bits per heavy atom. The van der Waals surface area contributed by atoms with Crippen molar-refractivity contribution in [1.82, 2.24) is 24.8 Å². The van der Waals surface area contributed by atoms with Crippen LogP contribution in [0.5, 0.6) is 0 Å². The number of aromatic nitrogens is 4. The highest BCUT2D eigenvalue weighted by atomic mass is 35.5. The second kappa shape index (κ2) is 7.51. The van der Waals surface area contributed by atoms with Crippen molar-refractivity contribution in [1.29, 1.82) is 0 Å². The standard InChI is InChI=1S/C17H17ClN6OS/c18-12-9-13-16(20-10-12)22-17(21-13)26-11-15(25)24-7-5-23(6-8-24)14-3-1-2-4-19-14/h1-4,9-10H,5-8,11H2,(H,20,21,22). The Hall–Kier alpha value is -2.32. The molecule has 0 aromatic carbocycles. The topological polar surface area (TPSA) is 78.0 Å². The molecular weight excluding hydrogens is 372 g/mol. The lowest BCUT2D eigenvalue weighted by Gasteiger charge is -2.35. The number of nitrogens with one attached hydrogen (secondary N) is 1. The maximum Gasteiger partial charge on any atom is 0.233 e. The molecule has 134 valence electrons. The highest BCUT2D eigenvalue weighted by Gasteiger charge is 2.22. The summed E-state index contributed by atoms with van der Waals surface area (Å²) < 4.78 is 0. The average molecular weight is 389 g/mol. The zero-order chi connectivity index (χ0) is 17.9. The van der Waals surface area contributed by atoms with Crippen molar-refractivity contribution < 1.29 is 4.79 Å². The van der Waals surface area contributed by atoms with E-state index in [1.165, 1.54) is 11.8 Å². The molecule has 0 radical (unpaired) electrons. The van der Waals surface area contributed by atoms with Gasteiger partial charge in [-0.25, -0.2) is 15.0 Å². The molecular formula is C17H17ClN6OS. The number of pyridine rings is 2. The van der Waals surface area contributed by atoms with Gasteiger partial charge in [-0.3, -0.25) is 4.79 Å². The maximum absolute atomic E-state index is 12.5. The number of carbonyl (C=O) groups is 1. The number of piperazine rings is 1. The van der Waals surface area contributed by atoms with Crippen LogP contribution >= 0.6 is 23.4 Å². The molecule has 0 bridgehead atoms. The van der Waals surface area contributed by atoms with Crippen molar-refractivity contribution in [2.45, 2.75) is 5.16 Å². The number of anilines is 1. The van der Waals surface area contributed by atoms with Crippen molar-refractivity contribution in [3.63, 3.8) is 0 Å². The number of fused-ring (bicyclic) bond motifs is 1. The fourth-order valence-electron chi connectivity index (χ4n) is 2.87. The second-order valence-corrected chi connectivity index (χ2v) is 7.31. The molecule has 3 aromatic heterocycles. The highest BCUT2D eigenvalue weighted by molar-refractivity contribution is 7.99. The van der Waals surface area contributed by atoms with Crippen molar-refractivity contribution in [3.05, 3.63) is 41.7 Å². The van der Waals surface area contributed by atoms with E-state index in [4.69, 9.17) is 11.6 Å². The van der Waals surface area contributed by atoms with E-state index in [1.54, 1.807) is 18.5 Å². The Kier molecular flexibility index (Phi) is 4.94. The molecule has 1 N–H and O–H groups in total. The molecule has 1 aliphatic rings. The van der Waals surface area contributed by atoms with Crippen LogP contribution in [0.15, 0.2) is 41.8 Å². The Bertz CT molecular complexity index is 910. The summed E-state index contributed by atoms with van der Waals surface area (Å²) in [5.41, 5.74) is 1.38. The van der Waals surface area contributed by atoms with Gasteiger partial charge in [0.15, 0.2) is 10.8 Å². The third kappa shape index (κ3) is 3.76. The first kappa shape index (κ1) is 17.1. The molecule has 4 heterocycles. The smallest absolute Gasteiger partial charge is 0.233 e. The van der Waals surface area contributed by atoms with Gasteiger partial charge in [0.2, 0.25) is 5.91 Å². The molecule has 1 saturated heterocycles. The summed E-state index contributed by atoms with van der Waals surface area (Å²) in [6, 6.07) is 7.66. The normalized spacial score (nSPS) is 14.8. The minimum Gasteiger partial charge on any atom is -0.353 e. The molecule has 0 spiro atoms. The summed E-state index contributed by atoms with van der Waals surface area (Å²) >= 11 is 7.31. The van der Waals surface area contributed by atoms with Gasteiger partial charge < -0.3 is 14.8 Å². The Balaban J connectivity index is 1.31. The van der Waals surface area contributed by atoms with E-state index in [1.807, 2.05) is 23.1 Å². The highest BCUT2D eigenvalue weighted by Crippen LogP contribution is 2.21. The second-order valence-electron chi connectivity index (χ2n) is 5.91. The summed E-state index contributed by atoms with van der Waals surface area (Å²) in [6.07, 6.45) is 3.35. The number of carbonyl (C=O) groups excluding carboxylic acids is 1. The van der Waals surface area contributed by atoms with E-state index in [-0.39, 0.29) is 5.91 Å². The third-order valence-corrected chi connectivity index (χ3v) is 5.29. The molecule has 4 rings (SSSR count). The largest absolute Gasteiger partial charge is 0.353 e. The molecule has 1 amide bonds. The number of amides is 1. The monoisotopic (exact) mass is 388 g/mol. The first-order valence-electron chi connectivity index (χ1n) is 8.27. The molecule has 0 aliphatic carbocycles. The van der Waals surface area contributed by atoms with Crippen LogP contribution < -0.4 is 4.90 Å². The number of imidazole rings is 1. The van der Waals surface area contributed by atoms with Gasteiger partial charge in [-0.15, -0.1) is 0 Å². The van der Waals surface area contributed by atoms with Crippen LogP contribution in [0.1, 0.15) is 0 Å². The first-order valence-corrected chi connectivity index (χ1v) is 9.63. The number of rotatable bonds is 4. The molecule has 7 nitrogen and oxygen atoms in total. The predicted molar refractivity (Wildman–Crippen MR) is 103 cm³/mol. The number of hydrogen-bond acceptors (Lipinski definition) is 6. The lowest BCUT2D eigenvalue weighted by molar-refractivity contribution is -0.128. The molecule has 0 unspecified atom stereocenters. The van der Waals surface area contributed by atoms with E-state index in [2.05, 4.69) is 24.8 Å². The van der Waals surface area contributed by atoms with Crippen LogP contribution in [-0.4, -0.2) is 62.7 Å². The zero-order valence-corrected chi connectivity index (χ0v) is 15.5. The van der Waals surface area contributed by atoms with Crippen molar-refractivity contribution in [2.75, 3.05) is 36.8 Å². The number of hydrogen-bond donors (Lipinski definition) is 1. The van der Waals surface area contributed by atoms with Crippen LogP contribution in [-0.2, 0) is 4.79 Å². The molecule has 9 heteroatoms. The van der Waals surface area contributed by atoms with Crippen molar-refractivity contribution in [2.24, 2.45) is 0 Å². The lowest BCUT2D eigenvalue weighted by Crippen LogP contribution is -2.49. The van der Waals surface area contributed by atoms with E-state index in [0.717, 1.165) is 24.4 Å². The SMILES string of the molecule is O=C(CSc1nc2ncc(Cl)cc2[nH]1)N1CCN(c2ccccn2)CC1. The minimum absolute atomic E-state index is 0.113. The quantitative estimate of drug-likeness (QED) is 0.692. The average Bonchev–Trinajstić information content (AvgIpc) is 3.09. The molecule has 0 saturated carbocycles. The first-order chi connectivity index (χ1) is 12.7. The van der Waals surface area contributed by atoms with E-state index in [0.29, 0.717) is 34.7 Å². The van der Waals surface area contributed by atoms with Crippen LogP contribution in [0.3, 0.4) is 0 Å². The van der Waals surface area contributed by atoms with Crippen LogP contribution in [0.4, 0.5) is 5.82 Å². The summed E-state index contributed by atoms with van der Waals surface area (Å²) in [4.78, 5) is 32.6. The van der Waals surface area contributed by atoms with E-state index >= 15 is 0 Å². The van der Waals surface area contributed by atoms with Crippen LogP contribution in [0.2, 0.25) is 5.02 Å². The summed E-state index contributed by atoms with van der Waals surface area (Å²) in [5.74, 6) is 1.42. The van der Waals surface area contributed by atoms with Crippen molar-refractivity contribution >= 4 is 46.3 Å². The maximum atomic E-state index is 12.5. The molecule has 1 fully saturated rings. The number of halogens is 1.